The lowest BCUT2D eigenvalue weighted by atomic mass is 9.98. The van der Waals surface area contributed by atoms with Gasteiger partial charge in [-0.15, -0.1) is 11.3 Å². The minimum Gasteiger partial charge on any atom is -0.245 e. The van der Waals surface area contributed by atoms with E-state index in [0.29, 0.717) is 6.42 Å². The molecule has 0 saturated carbocycles. The molecule has 1 heterocycles. The monoisotopic (exact) mass is 208 g/mol. The van der Waals surface area contributed by atoms with E-state index in [2.05, 4.69) is 38.7 Å². The molecule has 0 N–H and O–H groups in total. The van der Waals surface area contributed by atoms with E-state index in [4.69, 9.17) is 5.26 Å². The fraction of sp³-hybridized carbons (Fsp3) is 0.636. The standard InChI is InChI=1S/C11H16N2S/c1-5-8-9(6-7-12)14-10(13-8)11(2,3)4/h5-6H2,1-4H3. The van der Waals surface area contributed by atoms with Crippen molar-refractivity contribution in [3.63, 3.8) is 0 Å². The van der Waals surface area contributed by atoms with Gasteiger partial charge in [-0.1, -0.05) is 27.7 Å². The van der Waals surface area contributed by atoms with E-state index in [1.807, 2.05) is 0 Å². The molecule has 0 saturated heterocycles. The minimum atomic E-state index is 0.0995. The zero-order valence-corrected chi connectivity index (χ0v) is 10.0. The van der Waals surface area contributed by atoms with Crippen molar-refractivity contribution in [3.05, 3.63) is 15.6 Å². The number of hydrogen-bond acceptors (Lipinski definition) is 3. The fourth-order valence-electron chi connectivity index (χ4n) is 1.19. The van der Waals surface area contributed by atoms with Gasteiger partial charge in [0.25, 0.3) is 0 Å². The Labute approximate surface area is 89.6 Å². The Balaban J connectivity index is 3.08. The van der Waals surface area contributed by atoms with Gasteiger partial charge >= 0.3 is 0 Å². The van der Waals surface area contributed by atoms with Crippen LogP contribution in [0.4, 0.5) is 0 Å². The largest absolute Gasteiger partial charge is 0.245 e. The average Bonchev–Trinajstić information content (AvgIpc) is 2.47. The molecule has 0 aliphatic carbocycles. The molecule has 0 bridgehead atoms. The second-order valence-corrected chi connectivity index (χ2v) is 5.41. The molecule has 0 aliphatic heterocycles. The van der Waals surface area contributed by atoms with Gasteiger partial charge in [-0.25, -0.2) is 4.98 Å². The lowest BCUT2D eigenvalue weighted by Crippen LogP contribution is -2.10. The van der Waals surface area contributed by atoms with E-state index in [1.165, 1.54) is 0 Å². The van der Waals surface area contributed by atoms with Gasteiger partial charge in [0.1, 0.15) is 0 Å². The Bertz CT molecular complexity index is 352. The van der Waals surface area contributed by atoms with Gasteiger partial charge in [-0.05, 0) is 6.42 Å². The van der Waals surface area contributed by atoms with Crippen molar-refractivity contribution >= 4 is 11.3 Å². The molecule has 76 valence electrons. The second kappa shape index (κ2) is 4.10. The van der Waals surface area contributed by atoms with Crippen LogP contribution in [0.3, 0.4) is 0 Å². The van der Waals surface area contributed by atoms with Crippen molar-refractivity contribution in [2.45, 2.75) is 46.0 Å². The summed E-state index contributed by atoms with van der Waals surface area (Å²) in [5.41, 5.74) is 1.20. The van der Waals surface area contributed by atoms with Crippen LogP contribution in [0.25, 0.3) is 0 Å². The molecule has 0 aromatic carbocycles. The highest BCUT2D eigenvalue weighted by Crippen LogP contribution is 2.29. The third-order valence-corrected chi connectivity index (χ3v) is 3.52. The van der Waals surface area contributed by atoms with Crippen molar-refractivity contribution in [1.82, 2.24) is 4.98 Å². The minimum absolute atomic E-state index is 0.0995. The summed E-state index contributed by atoms with van der Waals surface area (Å²) in [6, 6.07) is 2.19. The molecule has 0 fully saturated rings. The molecule has 2 nitrogen and oxygen atoms in total. The van der Waals surface area contributed by atoms with Crippen molar-refractivity contribution in [3.8, 4) is 6.07 Å². The molecular formula is C11H16N2S. The van der Waals surface area contributed by atoms with Crippen LogP contribution >= 0.6 is 11.3 Å². The van der Waals surface area contributed by atoms with Gasteiger partial charge in [0.2, 0.25) is 0 Å². The molecule has 1 aromatic rings. The number of thiazole rings is 1. The van der Waals surface area contributed by atoms with Gasteiger partial charge in [-0.2, -0.15) is 5.26 Å². The Kier molecular flexibility index (Phi) is 3.28. The van der Waals surface area contributed by atoms with Gasteiger partial charge in [-0.3, -0.25) is 0 Å². The maximum Gasteiger partial charge on any atom is 0.0984 e. The molecule has 0 amide bonds. The van der Waals surface area contributed by atoms with E-state index in [0.717, 1.165) is 22.0 Å². The number of aryl methyl sites for hydroxylation is 1. The molecule has 0 atom stereocenters. The number of aromatic nitrogens is 1. The first kappa shape index (κ1) is 11.2. The third-order valence-electron chi connectivity index (χ3n) is 1.99. The molecule has 1 aromatic heterocycles. The van der Waals surface area contributed by atoms with Crippen LogP contribution in [0, 0.1) is 11.3 Å². The number of hydrogen-bond donors (Lipinski definition) is 0. The maximum absolute atomic E-state index is 8.68. The van der Waals surface area contributed by atoms with Crippen LogP contribution in [-0.2, 0) is 18.3 Å². The Morgan fingerprint density at radius 3 is 2.50 bits per heavy atom. The van der Waals surface area contributed by atoms with Crippen LogP contribution in [0.5, 0.6) is 0 Å². The molecule has 1 rings (SSSR count). The number of nitriles is 1. The predicted molar refractivity (Wildman–Crippen MR) is 59.5 cm³/mol. The highest BCUT2D eigenvalue weighted by atomic mass is 32.1. The van der Waals surface area contributed by atoms with E-state index in [9.17, 15) is 0 Å². The van der Waals surface area contributed by atoms with E-state index in [1.54, 1.807) is 11.3 Å². The smallest absolute Gasteiger partial charge is 0.0984 e. The summed E-state index contributed by atoms with van der Waals surface area (Å²) < 4.78 is 0. The Hall–Kier alpha value is -0.880. The van der Waals surface area contributed by atoms with Crippen molar-refractivity contribution < 1.29 is 0 Å². The Morgan fingerprint density at radius 2 is 2.07 bits per heavy atom. The van der Waals surface area contributed by atoms with Crippen molar-refractivity contribution in [2.75, 3.05) is 0 Å². The van der Waals surface area contributed by atoms with E-state index in [-0.39, 0.29) is 5.41 Å². The van der Waals surface area contributed by atoms with E-state index < -0.39 is 0 Å². The third kappa shape index (κ3) is 2.33. The van der Waals surface area contributed by atoms with Crippen LogP contribution in [0.2, 0.25) is 0 Å². The van der Waals surface area contributed by atoms with Crippen LogP contribution in [-0.4, -0.2) is 4.98 Å². The molecular weight excluding hydrogens is 192 g/mol. The maximum atomic E-state index is 8.68. The molecule has 0 aliphatic rings. The lowest BCUT2D eigenvalue weighted by Gasteiger charge is -2.13. The lowest BCUT2D eigenvalue weighted by molar-refractivity contribution is 0.583. The molecule has 3 heteroatoms. The Morgan fingerprint density at radius 1 is 1.43 bits per heavy atom. The van der Waals surface area contributed by atoms with Gasteiger partial charge in [0, 0.05) is 10.3 Å². The average molecular weight is 208 g/mol. The summed E-state index contributed by atoms with van der Waals surface area (Å²) >= 11 is 1.68. The van der Waals surface area contributed by atoms with Gasteiger partial charge in [0.05, 0.1) is 23.2 Å². The second-order valence-electron chi connectivity index (χ2n) is 4.33. The summed E-state index contributed by atoms with van der Waals surface area (Å²) in [4.78, 5) is 5.72. The first-order valence-corrected chi connectivity index (χ1v) is 5.66. The van der Waals surface area contributed by atoms with Gasteiger partial charge in [0.15, 0.2) is 0 Å². The van der Waals surface area contributed by atoms with Crippen LogP contribution in [0.15, 0.2) is 0 Å². The number of rotatable bonds is 2. The van der Waals surface area contributed by atoms with Crippen molar-refractivity contribution in [2.24, 2.45) is 0 Å². The zero-order chi connectivity index (χ0) is 10.8. The highest BCUT2D eigenvalue weighted by molar-refractivity contribution is 7.11. The summed E-state index contributed by atoms with van der Waals surface area (Å²) in [5, 5.41) is 9.82. The van der Waals surface area contributed by atoms with Crippen LogP contribution in [0.1, 0.15) is 43.3 Å². The van der Waals surface area contributed by atoms with Crippen molar-refractivity contribution in [1.29, 1.82) is 5.26 Å². The first-order valence-electron chi connectivity index (χ1n) is 4.85. The highest BCUT2D eigenvalue weighted by Gasteiger charge is 2.20. The topological polar surface area (TPSA) is 36.7 Å². The molecule has 14 heavy (non-hydrogen) atoms. The SMILES string of the molecule is CCc1nc(C(C)(C)C)sc1CC#N. The normalized spacial score (nSPS) is 11.4. The molecule has 0 radical (unpaired) electrons. The molecule has 0 spiro atoms. The zero-order valence-electron chi connectivity index (χ0n) is 9.22. The van der Waals surface area contributed by atoms with E-state index >= 15 is 0 Å². The summed E-state index contributed by atoms with van der Waals surface area (Å²) in [6.45, 7) is 8.55. The number of nitrogens with zero attached hydrogens (tertiary/aromatic N) is 2. The summed E-state index contributed by atoms with van der Waals surface area (Å²) in [7, 11) is 0. The van der Waals surface area contributed by atoms with Gasteiger partial charge < -0.3 is 0 Å². The first-order chi connectivity index (χ1) is 6.49. The molecule has 0 unspecified atom stereocenters. The van der Waals surface area contributed by atoms with Crippen LogP contribution < -0.4 is 0 Å². The summed E-state index contributed by atoms with van der Waals surface area (Å²) in [6.07, 6.45) is 1.42. The summed E-state index contributed by atoms with van der Waals surface area (Å²) in [5.74, 6) is 0. The fourth-order valence-corrected chi connectivity index (χ4v) is 2.33. The quantitative estimate of drug-likeness (QED) is 0.749. The predicted octanol–water partition coefficient (Wildman–Crippen LogP) is 3.07.